The van der Waals surface area contributed by atoms with E-state index in [1.807, 2.05) is 39.0 Å². The lowest BCUT2D eigenvalue weighted by atomic mass is 9.95. The van der Waals surface area contributed by atoms with Gasteiger partial charge in [0.1, 0.15) is 22.5 Å². The van der Waals surface area contributed by atoms with Crippen LogP contribution in [0.4, 0.5) is 0 Å². The number of rotatable bonds is 3. The topological polar surface area (TPSA) is 44.2 Å². The Labute approximate surface area is 130 Å². The highest BCUT2D eigenvalue weighted by Crippen LogP contribution is 2.34. The zero-order valence-electron chi connectivity index (χ0n) is 12.9. The van der Waals surface area contributed by atoms with Gasteiger partial charge in [0.25, 0.3) is 0 Å². The fraction of sp³-hybridized carbons (Fsp3) is 0.375. The molecule has 2 rings (SSSR count). The van der Waals surface area contributed by atoms with Gasteiger partial charge in [-0.05, 0) is 12.1 Å². The summed E-state index contributed by atoms with van der Waals surface area (Å²) in [6, 6.07) is 7.33. The lowest BCUT2D eigenvalue weighted by molar-refractivity contribution is 0.395. The predicted molar refractivity (Wildman–Crippen MR) is 84.3 cm³/mol. The van der Waals surface area contributed by atoms with Crippen LogP contribution in [0.1, 0.15) is 26.6 Å². The van der Waals surface area contributed by atoms with E-state index in [1.165, 1.54) is 0 Å². The third-order valence-corrected chi connectivity index (χ3v) is 3.24. The molecule has 0 unspecified atom stereocenters. The van der Waals surface area contributed by atoms with E-state index in [0.29, 0.717) is 16.7 Å². The molecule has 5 heteroatoms. The van der Waals surface area contributed by atoms with Gasteiger partial charge in [-0.15, -0.1) is 0 Å². The van der Waals surface area contributed by atoms with Crippen molar-refractivity contribution in [3.8, 4) is 22.8 Å². The van der Waals surface area contributed by atoms with Gasteiger partial charge in [0.05, 0.1) is 19.9 Å². The van der Waals surface area contributed by atoms with Crippen molar-refractivity contribution in [1.82, 2.24) is 9.97 Å². The second kappa shape index (κ2) is 5.90. The van der Waals surface area contributed by atoms with Crippen molar-refractivity contribution < 1.29 is 9.47 Å². The molecule has 0 aliphatic rings. The Morgan fingerprint density at radius 2 is 1.71 bits per heavy atom. The van der Waals surface area contributed by atoms with Gasteiger partial charge in [-0.3, -0.25) is 0 Å². The molecule has 21 heavy (non-hydrogen) atoms. The van der Waals surface area contributed by atoms with E-state index >= 15 is 0 Å². The van der Waals surface area contributed by atoms with Gasteiger partial charge in [-0.25, -0.2) is 9.97 Å². The molecule has 112 valence electrons. The van der Waals surface area contributed by atoms with Gasteiger partial charge in [0, 0.05) is 23.1 Å². The van der Waals surface area contributed by atoms with Gasteiger partial charge >= 0.3 is 0 Å². The van der Waals surface area contributed by atoms with Gasteiger partial charge in [0.2, 0.25) is 0 Å². The minimum Gasteiger partial charge on any atom is -0.497 e. The molecule has 1 aromatic carbocycles. The molecular weight excluding hydrogens is 288 g/mol. The molecule has 0 amide bonds. The predicted octanol–water partition coefficient (Wildman–Crippen LogP) is 4.11. The first-order valence-corrected chi connectivity index (χ1v) is 7.00. The highest BCUT2D eigenvalue weighted by atomic mass is 35.5. The summed E-state index contributed by atoms with van der Waals surface area (Å²) in [6.07, 6.45) is 0. The van der Waals surface area contributed by atoms with Crippen LogP contribution in [0.15, 0.2) is 24.3 Å². The van der Waals surface area contributed by atoms with Crippen LogP contribution in [-0.4, -0.2) is 24.2 Å². The summed E-state index contributed by atoms with van der Waals surface area (Å²) in [5.41, 5.74) is 1.41. The number of methoxy groups -OCH3 is 2. The third-order valence-electron chi connectivity index (χ3n) is 3.05. The normalized spacial score (nSPS) is 11.3. The molecule has 0 aliphatic heterocycles. The summed E-state index contributed by atoms with van der Waals surface area (Å²) >= 11 is 6.14. The molecule has 0 fully saturated rings. The summed E-state index contributed by atoms with van der Waals surface area (Å²) in [4.78, 5) is 8.93. The monoisotopic (exact) mass is 306 g/mol. The molecule has 0 atom stereocenters. The van der Waals surface area contributed by atoms with E-state index in [-0.39, 0.29) is 5.41 Å². The largest absolute Gasteiger partial charge is 0.497 e. The molecule has 0 saturated heterocycles. The second-order valence-electron chi connectivity index (χ2n) is 5.72. The summed E-state index contributed by atoms with van der Waals surface area (Å²) in [6.45, 7) is 6.15. The molecule has 2 aromatic rings. The Morgan fingerprint density at radius 3 is 2.29 bits per heavy atom. The maximum atomic E-state index is 6.14. The molecule has 0 bridgehead atoms. The van der Waals surface area contributed by atoms with E-state index in [1.54, 1.807) is 20.3 Å². The Morgan fingerprint density at radius 1 is 1.00 bits per heavy atom. The number of ether oxygens (including phenoxy) is 2. The molecule has 0 N–H and O–H groups in total. The van der Waals surface area contributed by atoms with Crippen molar-refractivity contribution in [3.05, 3.63) is 35.2 Å². The standard InChI is InChI=1S/C16H19ClN2O2/c1-16(2,3)15-18-12(9-14(17)19-15)11-7-6-10(20-4)8-13(11)21-5/h6-9H,1-5H3. The van der Waals surface area contributed by atoms with Crippen LogP contribution >= 0.6 is 11.6 Å². The van der Waals surface area contributed by atoms with E-state index in [9.17, 15) is 0 Å². The number of benzene rings is 1. The summed E-state index contributed by atoms with van der Waals surface area (Å²) in [7, 11) is 3.24. The van der Waals surface area contributed by atoms with Crippen molar-refractivity contribution >= 4 is 11.6 Å². The SMILES string of the molecule is COc1ccc(-c2cc(Cl)nc(C(C)(C)C)n2)c(OC)c1. The van der Waals surface area contributed by atoms with Crippen molar-refractivity contribution in [1.29, 1.82) is 0 Å². The van der Waals surface area contributed by atoms with Crippen LogP contribution in [-0.2, 0) is 5.41 Å². The minimum atomic E-state index is -0.181. The fourth-order valence-electron chi connectivity index (χ4n) is 1.90. The summed E-state index contributed by atoms with van der Waals surface area (Å²) in [5, 5.41) is 0.419. The number of aromatic nitrogens is 2. The zero-order valence-corrected chi connectivity index (χ0v) is 13.7. The smallest absolute Gasteiger partial charge is 0.136 e. The van der Waals surface area contributed by atoms with Crippen LogP contribution < -0.4 is 9.47 Å². The molecular formula is C16H19ClN2O2. The molecule has 1 aromatic heterocycles. The van der Waals surface area contributed by atoms with Crippen LogP contribution in [0.25, 0.3) is 11.3 Å². The Balaban J connectivity index is 2.59. The van der Waals surface area contributed by atoms with Crippen LogP contribution in [0, 0.1) is 0 Å². The van der Waals surface area contributed by atoms with E-state index < -0.39 is 0 Å². The molecule has 0 radical (unpaired) electrons. The van der Waals surface area contributed by atoms with Crippen LogP contribution in [0.3, 0.4) is 0 Å². The Hall–Kier alpha value is -1.81. The lowest BCUT2D eigenvalue weighted by Gasteiger charge is -2.18. The first kappa shape index (κ1) is 15.6. The van der Waals surface area contributed by atoms with Gasteiger partial charge < -0.3 is 9.47 Å². The van der Waals surface area contributed by atoms with Gasteiger partial charge in [0.15, 0.2) is 0 Å². The van der Waals surface area contributed by atoms with E-state index in [2.05, 4.69) is 9.97 Å². The average Bonchev–Trinajstić information content (AvgIpc) is 2.45. The average molecular weight is 307 g/mol. The molecule has 0 aliphatic carbocycles. The first-order chi connectivity index (χ1) is 9.85. The molecule has 4 nitrogen and oxygen atoms in total. The van der Waals surface area contributed by atoms with Crippen molar-refractivity contribution in [3.63, 3.8) is 0 Å². The van der Waals surface area contributed by atoms with Crippen LogP contribution in [0.5, 0.6) is 11.5 Å². The number of nitrogens with zero attached hydrogens (tertiary/aromatic N) is 2. The first-order valence-electron chi connectivity index (χ1n) is 6.62. The van der Waals surface area contributed by atoms with E-state index in [4.69, 9.17) is 21.1 Å². The van der Waals surface area contributed by atoms with Crippen molar-refractivity contribution in [2.24, 2.45) is 0 Å². The summed E-state index contributed by atoms with van der Waals surface area (Å²) in [5.74, 6) is 2.11. The minimum absolute atomic E-state index is 0.181. The highest BCUT2D eigenvalue weighted by Gasteiger charge is 2.20. The van der Waals surface area contributed by atoms with Crippen LogP contribution in [0.2, 0.25) is 5.15 Å². The van der Waals surface area contributed by atoms with E-state index in [0.717, 1.165) is 17.0 Å². The number of hydrogen-bond acceptors (Lipinski definition) is 4. The second-order valence-corrected chi connectivity index (χ2v) is 6.10. The number of halogens is 1. The Kier molecular flexibility index (Phi) is 4.37. The third kappa shape index (κ3) is 3.45. The molecule has 1 heterocycles. The molecule has 0 spiro atoms. The molecule has 0 saturated carbocycles. The zero-order chi connectivity index (χ0) is 15.6. The summed E-state index contributed by atoms with van der Waals surface area (Å²) < 4.78 is 10.6. The lowest BCUT2D eigenvalue weighted by Crippen LogP contribution is -2.16. The highest BCUT2D eigenvalue weighted by molar-refractivity contribution is 6.29. The maximum absolute atomic E-state index is 6.14. The van der Waals surface area contributed by atoms with Gasteiger partial charge in [-0.2, -0.15) is 0 Å². The maximum Gasteiger partial charge on any atom is 0.136 e. The Bertz CT molecular complexity index is 651. The number of hydrogen-bond donors (Lipinski definition) is 0. The quantitative estimate of drug-likeness (QED) is 0.800. The van der Waals surface area contributed by atoms with Crippen molar-refractivity contribution in [2.75, 3.05) is 14.2 Å². The van der Waals surface area contributed by atoms with Gasteiger partial charge in [-0.1, -0.05) is 32.4 Å². The van der Waals surface area contributed by atoms with Crippen molar-refractivity contribution in [2.45, 2.75) is 26.2 Å². The fourth-order valence-corrected chi connectivity index (χ4v) is 2.08.